The molecule has 0 saturated heterocycles. The predicted octanol–water partition coefficient (Wildman–Crippen LogP) is 8.38. The summed E-state index contributed by atoms with van der Waals surface area (Å²) < 4.78 is 56.1. The van der Waals surface area contributed by atoms with Gasteiger partial charge < -0.3 is 10.6 Å². The Kier molecular flexibility index (Phi) is 5.97. The fourth-order valence-electron chi connectivity index (χ4n) is 5.13. The Balaban J connectivity index is 1.58. The van der Waals surface area contributed by atoms with Crippen LogP contribution in [0.5, 0.6) is 0 Å². The average Bonchev–Trinajstić information content (AvgIpc) is 3.30. The summed E-state index contributed by atoms with van der Waals surface area (Å²) in [5, 5.41) is 6.63. The van der Waals surface area contributed by atoms with Gasteiger partial charge in [-0.3, -0.25) is 4.90 Å². The van der Waals surface area contributed by atoms with Crippen LogP contribution in [0.4, 0.5) is 39.5 Å². The normalized spacial score (nSPS) is 16.6. The van der Waals surface area contributed by atoms with Crippen LogP contribution in [-0.4, -0.2) is 17.6 Å². The Morgan fingerprint density at radius 3 is 2.66 bits per heavy atom. The van der Waals surface area contributed by atoms with Gasteiger partial charge in [-0.2, -0.15) is 13.2 Å². The highest BCUT2D eigenvalue weighted by atomic mass is 79.9. The minimum absolute atomic E-state index is 0.0213. The molecule has 3 aromatic carbocycles. The van der Waals surface area contributed by atoms with E-state index in [-0.39, 0.29) is 22.6 Å². The topological polar surface area (TPSA) is 57.3 Å². The van der Waals surface area contributed by atoms with Crippen LogP contribution >= 0.6 is 39.1 Å². The number of carbonyl (C=O) groups excluding carboxylic acids is 1. The first kappa shape index (κ1) is 25.2. The molecule has 1 atom stereocenters. The zero-order chi connectivity index (χ0) is 26.9. The van der Waals surface area contributed by atoms with E-state index < -0.39 is 23.6 Å². The third-order valence-electron chi connectivity index (χ3n) is 6.72. The van der Waals surface area contributed by atoms with Crippen LogP contribution in [0.25, 0.3) is 10.8 Å². The molecule has 0 fully saturated rings. The van der Waals surface area contributed by atoms with Crippen molar-refractivity contribution in [1.29, 1.82) is 0 Å². The molecule has 12 heteroatoms. The Bertz CT molecular complexity index is 1660. The maximum absolute atomic E-state index is 14.4. The highest BCUT2D eigenvalue weighted by Gasteiger charge is 2.40. The zero-order valence-electron chi connectivity index (χ0n) is 19.1. The monoisotopic (exact) mass is 624 g/mol. The number of fused-ring (bicyclic) bond motifs is 1. The van der Waals surface area contributed by atoms with Gasteiger partial charge in [0.15, 0.2) is 0 Å². The van der Waals surface area contributed by atoms with Crippen LogP contribution in [0.1, 0.15) is 28.3 Å². The highest BCUT2D eigenvalue weighted by molar-refractivity contribution is 9.10. The number of pyridine rings is 1. The first-order chi connectivity index (χ1) is 18.0. The van der Waals surface area contributed by atoms with Crippen molar-refractivity contribution < 1.29 is 22.4 Å². The van der Waals surface area contributed by atoms with Crippen LogP contribution < -0.4 is 15.5 Å². The largest absolute Gasteiger partial charge is 0.417 e. The Hall–Kier alpha value is -3.08. The van der Waals surface area contributed by atoms with Crippen LogP contribution in [0, 0.1) is 5.82 Å². The lowest BCUT2D eigenvalue weighted by molar-refractivity contribution is -0.136. The van der Waals surface area contributed by atoms with Gasteiger partial charge in [0.05, 0.1) is 17.3 Å². The Morgan fingerprint density at radius 1 is 1.11 bits per heavy atom. The number of amides is 2. The molecule has 2 aliphatic heterocycles. The lowest BCUT2D eigenvalue weighted by Gasteiger charge is -2.35. The predicted molar refractivity (Wildman–Crippen MR) is 142 cm³/mol. The number of aromatic nitrogens is 1. The number of alkyl halides is 3. The van der Waals surface area contributed by atoms with Gasteiger partial charge in [-0.15, -0.1) is 0 Å². The van der Waals surface area contributed by atoms with Crippen LogP contribution in [0.3, 0.4) is 0 Å². The van der Waals surface area contributed by atoms with E-state index in [1.54, 1.807) is 29.2 Å². The third kappa shape index (κ3) is 4.06. The van der Waals surface area contributed by atoms with Crippen molar-refractivity contribution in [1.82, 2.24) is 10.3 Å². The van der Waals surface area contributed by atoms with E-state index in [0.717, 1.165) is 11.6 Å². The van der Waals surface area contributed by atoms with Crippen molar-refractivity contribution >= 4 is 73.1 Å². The van der Waals surface area contributed by atoms with E-state index >= 15 is 0 Å². The molecule has 3 heterocycles. The van der Waals surface area contributed by atoms with Crippen molar-refractivity contribution in [2.45, 2.75) is 18.6 Å². The molecule has 38 heavy (non-hydrogen) atoms. The molecule has 0 radical (unpaired) electrons. The molecule has 4 aromatic rings. The first-order valence-electron chi connectivity index (χ1n) is 11.3. The smallest absolute Gasteiger partial charge is 0.339 e. The van der Waals surface area contributed by atoms with E-state index in [1.807, 2.05) is 0 Å². The maximum atomic E-state index is 14.4. The highest BCUT2D eigenvalue weighted by Crippen LogP contribution is 2.50. The van der Waals surface area contributed by atoms with Crippen molar-refractivity contribution in [2.75, 3.05) is 16.8 Å². The second-order valence-electron chi connectivity index (χ2n) is 8.93. The first-order valence-corrected chi connectivity index (χ1v) is 12.9. The average molecular weight is 626 g/mol. The van der Waals surface area contributed by atoms with Gasteiger partial charge in [0.25, 0.3) is 0 Å². The fourth-order valence-corrected chi connectivity index (χ4v) is 6.15. The number of rotatable bonds is 3. The van der Waals surface area contributed by atoms with Gasteiger partial charge in [-0.05, 0) is 65.4 Å². The fraction of sp³-hybridized carbons (Fsp3) is 0.154. The molecule has 194 valence electrons. The maximum Gasteiger partial charge on any atom is 0.417 e. The summed E-state index contributed by atoms with van der Waals surface area (Å²) in [6.45, 7) is 0.443. The molecule has 0 saturated carbocycles. The second kappa shape index (κ2) is 9.00. The van der Waals surface area contributed by atoms with Gasteiger partial charge >= 0.3 is 12.2 Å². The summed E-state index contributed by atoms with van der Waals surface area (Å²) in [5.41, 5.74) is 2.09. The summed E-state index contributed by atoms with van der Waals surface area (Å²) in [4.78, 5) is 18.9. The molecule has 1 unspecified atom stereocenters. The molecule has 0 bridgehead atoms. The molecule has 6 rings (SSSR count). The molecule has 2 N–H and O–H groups in total. The molecule has 1 aromatic heterocycles. The SMILES string of the molecule is O=C1NC(c2cc(Cl)ccc2Cl)c2c(Nc3nccc4c(C(F)(F)F)cc(F)cc34)cc(Br)c3c2N1CC3. The summed E-state index contributed by atoms with van der Waals surface area (Å²) in [7, 11) is 0. The number of nitrogens with zero attached hydrogens (tertiary/aromatic N) is 2. The minimum atomic E-state index is -4.76. The van der Waals surface area contributed by atoms with Gasteiger partial charge in [-0.1, -0.05) is 39.1 Å². The number of urea groups is 1. The van der Waals surface area contributed by atoms with Gasteiger partial charge in [-0.25, -0.2) is 14.2 Å². The lowest BCUT2D eigenvalue weighted by Crippen LogP contribution is -2.46. The van der Waals surface area contributed by atoms with E-state index in [1.165, 1.54) is 12.3 Å². The van der Waals surface area contributed by atoms with Crippen LogP contribution in [-0.2, 0) is 12.6 Å². The molecule has 2 aliphatic rings. The third-order valence-corrected chi connectivity index (χ3v) is 8.01. The van der Waals surface area contributed by atoms with E-state index in [9.17, 15) is 22.4 Å². The number of hydrogen-bond donors (Lipinski definition) is 2. The second-order valence-corrected chi connectivity index (χ2v) is 10.6. The number of hydrogen-bond acceptors (Lipinski definition) is 3. The standard InChI is InChI=1S/C26H15BrCl2F4N4O/c27-18-10-20(35-24-15-8-12(30)9-17(26(31,32)33)13(15)3-5-34-24)21-22(16-7-11(28)1-2-19(16)29)36-25(38)37-6-4-14(18)23(21)37/h1-3,5,7-10,22H,4,6H2,(H,34,35)(H,36,38). The molecular weight excluding hydrogens is 611 g/mol. The number of nitrogens with one attached hydrogen (secondary N) is 2. The van der Waals surface area contributed by atoms with E-state index in [0.29, 0.717) is 56.1 Å². The van der Waals surface area contributed by atoms with E-state index in [4.69, 9.17) is 23.2 Å². The number of anilines is 3. The number of benzene rings is 3. The van der Waals surface area contributed by atoms with Gasteiger partial charge in [0, 0.05) is 43.9 Å². The van der Waals surface area contributed by atoms with Crippen molar-refractivity contribution in [2.24, 2.45) is 0 Å². The number of carbonyl (C=O) groups is 1. The number of halogens is 7. The van der Waals surface area contributed by atoms with E-state index in [2.05, 4.69) is 31.5 Å². The summed E-state index contributed by atoms with van der Waals surface area (Å²) in [6, 6.07) is 8.29. The van der Waals surface area contributed by atoms with Crippen molar-refractivity contribution in [3.63, 3.8) is 0 Å². The van der Waals surface area contributed by atoms with Crippen molar-refractivity contribution in [3.8, 4) is 0 Å². The van der Waals surface area contributed by atoms with Gasteiger partial charge in [0.2, 0.25) is 0 Å². The molecular formula is C26H15BrCl2F4N4O. The van der Waals surface area contributed by atoms with Crippen molar-refractivity contribution in [3.05, 3.63) is 91.3 Å². The van der Waals surface area contributed by atoms with Crippen LogP contribution in [0.2, 0.25) is 10.0 Å². The Labute approximate surface area is 231 Å². The molecule has 2 amide bonds. The van der Waals surface area contributed by atoms with Gasteiger partial charge in [0.1, 0.15) is 11.6 Å². The molecule has 5 nitrogen and oxygen atoms in total. The Morgan fingerprint density at radius 2 is 1.89 bits per heavy atom. The zero-order valence-corrected chi connectivity index (χ0v) is 22.2. The van der Waals surface area contributed by atoms with Crippen LogP contribution in [0.15, 0.2) is 53.1 Å². The molecule has 0 spiro atoms. The molecule has 0 aliphatic carbocycles. The quantitative estimate of drug-likeness (QED) is 0.225. The summed E-state index contributed by atoms with van der Waals surface area (Å²) in [5.74, 6) is -1.02. The summed E-state index contributed by atoms with van der Waals surface area (Å²) in [6.07, 6.45) is -2.94. The lowest BCUT2D eigenvalue weighted by atomic mass is 9.91. The summed E-state index contributed by atoms with van der Waals surface area (Å²) >= 11 is 16.4. The minimum Gasteiger partial charge on any atom is -0.339 e.